The Morgan fingerprint density at radius 1 is 1.17 bits per heavy atom. The molecule has 1 fully saturated rings. The number of pyridine rings is 2. The molecule has 5 rings (SSSR count). The Morgan fingerprint density at radius 2 is 2.03 bits per heavy atom. The molecule has 10 heteroatoms. The zero-order chi connectivity index (χ0) is 24.2. The summed E-state index contributed by atoms with van der Waals surface area (Å²) in [6, 6.07) is 11.3. The van der Waals surface area contributed by atoms with E-state index in [1.807, 2.05) is 12.3 Å². The van der Waals surface area contributed by atoms with E-state index in [0.29, 0.717) is 12.3 Å². The van der Waals surface area contributed by atoms with Crippen molar-refractivity contribution >= 4 is 36.3 Å². The standard InChI is InChI=1S/C25H25FIN5O3/c1-2-35-25(33)31-24-27-21-12-17(11-20(23(21)30-24)22-6-4-18(26)14-29-22)16-3-5-19(28-13-16)15-32-7-9-34-10-8-32/h3-6,11-14,30H,2,7-10,15H2,1H3,(H,31,33). The zero-order valence-corrected chi connectivity index (χ0v) is 21.3. The van der Waals surface area contributed by atoms with Crippen molar-refractivity contribution in [1.82, 2.24) is 20.2 Å². The number of carbonyl (C=O) groups is 1. The molecule has 8 nitrogen and oxygen atoms in total. The molecule has 0 atom stereocenters. The van der Waals surface area contributed by atoms with E-state index < -0.39 is 32.6 Å². The number of nitrogens with one attached hydrogen (secondary N) is 2. The third kappa shape index (κ3) is 5.65. The van der Waals surface area contributed by atoms with Crippen molar-refractivity contribution in [1.29, 1.82) is 0 Å². The van der Waals surface area contributed by atoms with Gasteiger partial charge in [-0.1, -0.05) is 6.07 Å². The van der Waals surface area contributed by atoms with Gasteiger partial charge in [0.05, 0.1) is 43.1 Å². The van der Waals surface area contributed by atoms with Gasteiger partial charge in [-0.25, -0.2) is 9.18 Å². The lowest BCUT2D eigenvalue weighted by Crippen LogP contribution is -2.35. The molecule has 0 radical (unpaired) electrons. The van der Waals surface area contributed by atoms with Gasteiger partial charge in [-0.05, 0) is 63.5 Å². The highest BCUT2D eigenvalue weighted by Crippen LogP contribution is 2.41. The third-order valence-electron chi connectivity index (χ3n) is 5.66. The quantitative estimate of drug-likeness (QED) is 0.418. The number of hydrogen-bond acceptors (Lipinski definition) is 7. The van der Waals surface area contributed by atoms with Crippen LogP contribution in [0.3, 0.4) is 0 Å². The van der Waals surface area contributed by atoms with E-state index in [-0.39, 0.29) is 0 Å². The van der Waals surface area contributed by atoms with E-state index in [1.54, 1.807) is 13.0 Å². The fourth-order valence-corrected chi connectivity index (χ4v) is 6.46. The summed E-state index contributed by atoms with van der Waals surface area (Å²) >= 11 is -0.678. The fraction of sp³-hybridized carbons (Fsp3) is 0.280. The molecule has 1 aromatic carbocycles. The molecule has 4 heterocycles. The molecule has 0 spiro atoms. The SMILES string of the molecule is CCOC(=O)NC1=Ic2cc(-c3ccc(CN4CCOCC4)nc3)cc(-c3ccc(F)cn3)c2N1. The Labute approximate surface area is 212 Å². The Kier molecular flexibility index (Phi) is 7.30. The predicted octanol–water partition coefficient (Wildman–Crippen LogP) is 4.18. The number of halogens is 2. The fourth-order valence-electron chi connectivity index (χ4n) is 3.94. The van der Waals surface area contributed by atoms with Crippen molar-refractivity contribution in [2.75, 3.05) is 38.2 Å². The van der Waals surface area contributed by atoms with Crippen LogP contribution in [0.1, 0.15) is 12.6 Å². The largest absolute Gasteiger partial charge is 0.450 e. The number of fused-ring (bicyclic) bond motifs is 1. The second-order valence-electron chi connectivity index (χ2n) is 8.05. The van der Waals surface area contributed by atoms with Gasteiger partial charge in [0.25, 0.3) is 0 Å². The Balaban J connectivity index is 1.46. The molecule has 0 unspecified atom stereocenters. The summed E-state index contributed by atoms with van der Waals surface area (Å²) in [6.45, 7) is 6.21. The van der Waals surface area contributed by atoms with Crippen molar-refractivity contribution < 1.29 is 18.7 Å². The number of amides is 1. The highest BCUT2D eigenvalue weighted by atomic mass is 127. The van der Waals surface area contributed by atoms with E-state index in [9.17, 15) is 9.18 Å². The van der Waals surface area contributed by atoms with Crippen LogP contribution < -0.4 is 10.6 Å². The lowest BCUT2D eigenvalue weighted by molar-refractivity contribution is 0.0336. The topological polar surface area (TPSA) is 88.6 Å². The van der Waals surface area contributed by atoms with Crippen LogP contribution in [-0.4, -0.2) is 57.6 Å². The number of hydrogen-bond donors (Lipinski definition) is 2. The van der Waals surface area contributed by atoms with Crippen molar-refractivity contribution in [3.05, 3.63) is 63.9 Å². The monoisotopic (exact) mass is 589 g/mol. The van der Waals surface area contributed by atoms with Crippen molar-refractivity contribution in [3.8, 4) is 22.4 Å². The maximum Gasteiger partial charge on any atom is 0.413 e. The average molecular weight is 589 g/mol. The van der Waals surface area contributed by atoms with Crippen LogP contribution in [0.25, 0.3) is 22.4 Å². The van der Waals surface area contributed by atoms with Crippen LogP contribution >= 0.6 is 20.7 Å². The number of carbonyl (C=O) groups excluding carboxylic acids is 1. The molecule has 0 saturated carbocycles. The number of alkyl carbamates (subject to hydrolysis) is 1. The van der Waals surface area contributed by atoms with Crippen molar-refractivity contribution in [3.63, 3.8) is 0 Å². The first-order valence-corrected chi connectivity index (χ1v) is 13.5. The number of rotatable bonds is 6. The number of aromatic nitrogens is 2. The Hall–Kier alpha value is -2.96. The van der Waals surface area contributed by atoms with Gasteiger partial charge in [0.1, 0.15) is 9.57 Å². The van der Waals surface area contributed by atoms with Crippen LogP contribution in [0.4, 0.5) is 14.9 Å². The summed E-state index contributed by atoms with van der Waals surface area (Å²) < 4.78 is 25.8. The van der Waals surface area contributed by atoms with Gasteiger partial charge in [-0.2, -0.15) is 0 Å². The van der Waals surface area contributed by atoms with Crippen LogP contribution in [0, 0.1) is 9.39 Å². The van der Waals surface area contributed by atoms with Gasteiger partial charge in [-0.15, -0.1) is 0 Å². The third-order valence-corrected chi connectivity index (χ3v) is 8.17. The number of morpholine rings is 1. The second-order valence-corrected chi connectivity index (χ2v) is 10.8. The average Bonchev–Trinajstić information content (AvgIpc) is 3.27. The molecule has 0 bridgehead atoms. The molecule has 1 amide bonds. The first-order valence-electron chi connectivity index (χ1n) is 11.4. The molecule has 2 N–H and O–H groups in total. The Bertz CT molecular complexity index is 1250. The van der Waals surface area contributed by atoms with Gasteiger partial charge >= 0.3 is 6.09 Å². The van der Waals surface area contributed by atoms with E-state index in [1.165, 1.54) is 12.3 Å². The van der Waals surface area contributed by atoms with Crippen LogP contribution in [0.5, 0.6) is 0 Å². The zero-order valence-electron chi connectivity index (χ0n) is 19.2. The van der Waals surface area contributed by atoms with Crippen LogP contribution in [-0.2, 0) is 16.0 Å². The van der Waals surface area contributed by atoms with Crippen molar-refractivity contribution in [2.24, 2.45) is 0 Å². The number of nitrogens with zero attached hydrogens (tertiary/aromatic N) is 3. The van der Waals surface area contributed by atoms with Gasteiger partial charge in [-0.3, -0.25) is 20.2 Å². The van der Waals surface area contributed by atoms with E-state index in [0.717, 1.165) is 68.2 Å². The number of anilines is 1. The molecular formula is C25H25FIN5O3. The minimum Gasteiger partial charge on any atom is -0.450 e. The molecule has 1 saturated heterocycles. The molecule has 3 aromatic rings. The smallest absolute Gasteiger partial charge is 0.413 e. The Morgan fingerprint density at radius 3 is 2.74 bits per heavy atom. The summed E-state index contributed by atoms with van der Waals surface area (Å²) in [5.41, 5.74) is 5.36. The van der Waals surface area contributed by atoms with Crippen LogP contribution in [0.15, 0.2) is 48.8 Å². The van der Waals surface area contributed by atoms with E-state index in [4.69, 9.17) is 14.5 Å². The second kappa shape index (κ2) is 10.8. The maximum absolute atomic E-state index is 13.5. The predicted molar refractivity (Wildman–Crippen MR) is 140 cm³/mol. The molecule has 2 aromatic heterocycles. The van der Waals surface area contributed by atoms with Crippen LogP contribution in [0.2, 0.25) is 0 Å². The van der Waals surface area contributed by atoms with Gasteiger partial charge in [0, 0.05) is 40.5 Å². The highest BCUT2D eigenvalue weighted by Gasteiger charge is 2.22. The van der Waals surface area contributed by atoms with E-state index in [2.05, 4.69) is 38.7 Å². The van der Waals surface area contributed by atoms with E-state index >= 15 is 0 Å². The molecule has 2 aliphatic heterocycles. The normalized spacial score (nSPS) is 15.4. The summed E-state index contributed by atoms with van der Waals surface area (Å²) in [5, 5.41) is 6.13. The minimum atomic E-state index is -0.678. The highest BCUT2D eigenvalue weighted by molar-refractivity contribution is 14.2. The first-order chi connectivity index (χ1) is 17.1. The lowest BCUT2D eigenvalue weighted by atomic mass is 10.0. The van der Waals surface area contributed by atoms with Crippen molar-refractivity contribution in [2.45, 2.75) is 13.5 Å². The van der Waals surface area contributed by atoms with Gasteiger partial charge < -0.3 is 14.8 Å². The number of benzene rings is 1. The summed E-state index contributed by atoms with van der Waals surface area (Å²) in [4.78, 5) is 23.3. The summed E-state index contributed by atoms with van der Waals surface area (Å²) in [7, 11) is 0. The molecule has 35 heavy (non-hydrogen) atoms. The van der Waals surface area contributed by atoms with Gasteiger partial charge in [0.15, 0.2) is 0 Å². The summed E-state index contributed by atoms with van der Waals surface area (Å²) in [5.74, 6) is -0.391. The maximum atomic E-state index is 13.5. The lowest BCUT2D eigenvalue weighted by Gasteiger charge is -2.26. The molecule has 0 aliphatic carbocycles. The molecular weight excluding hydrogens is 564 g/mol. The first kappa shape index (κ1) is 23.8. The molecule has 182 valence electrons. The summed E-state index contributed by atoms with van der Waals surface area (Å²) in [6.07, 6.45) is 2.62. The minimum absolute atomic E-state index is 0.299. The molecule has 2 aliphatic rings. The van der Waals surface area contributed by atoms with Gasteiger partial charge in [0.2, 0.25) is 0 Å². The number of ether oxygens (including phenoxy) is 2.